The minimum atomic E-state index is -2.45. The lowest BCUT2D eigenvalue weighted by Crippen LogP contribution is -2.32. The van der Waals surface area contributed by atoms with Gasteiger partial charge in [-0.3, -0.25) is 0 Å². The number of benzene rings is 1. The van der Waals surface area contributed by atoms with Crippen molar-refractivity contribution in [2.24, 2.45) is 0 Å². The Labute approximate surface area is 139 Å². The molecule has 5 nitrogen and oxygen atoms in total. The van der Waals surface area contributed by atoms with Crippen molar-refractivity contribution in [1.82, 2.24) is 9.97 Å². The van der Waals surface area contributed by atoms with Crippen molar-refractivity contribution in [2.75, 3.05) is 23.4 Å². The van der Waals surface area contributed by atoms with Crippen LogP contribution in [-0.4, -0.2) is 34.3 Å². The van der Waals surface area contributed by atoms with Crippen LogP contribution in [0.15, 0.2) is 36.7 Å². The maximum Gasteiger partial charge on any atom is 0.263 e. The lowest BCUT2D eigenvalue weighted by atomic mass is 10.1. The first-order valence-electron chi connectivity index (χ1n) is 7.98. The average Bonchev–Trinajstić information content (AvgIpc) is 3.09. The van der Waals surface area contributed by atoms with Gasteiger partial charge in [-0.1, -0.05) is 24.3 Å². The SMILES string of the molecule is OCC1CCCN1c1cc(NCc2ccc(C(F)F)cc2)ncn1. The van der Waals surface area contributed by atoms with E-state index in [1.54, 1.807) is 12.1 Å². The molecule has 1 unspecified atom stereocenters. The summed E-state index contributed by atoms with van der Waals surface area (Å²) in [6, 6.07) is 8.18. The minimum absolute atomic E-state index is 0.0205. The molecule has 128 valence electrons. The molecular formula is C17H20F2N4O. The standard InChI is InChI=1S/C17H20F2N4O/c18-17(19)13-5-3-12(4-6-13)9-20-15-8-16(22-11-21-15)23-7-1-2-14(23)10-24/h3-6,8,11,14,17,24H,1-2,7,9-10H2,(H,20,21,22). The van der Waals surface area contributed by atoms with Gasteiger partial charge in [0.25, 0.3) is 6.43 Å². The molecule has 0 spiro atoms. The van der Waals surface area contributed by atoms with Gasteiger partial charge in [0.1, 0.15) is 18.0 Å². The number of alkyl halides is 2. The Kier molecular flexibility index (Phi) is 5.20. The van der Waals surface area contributed by atoms with Crippen molar-refractivity contribution >= 4 is 11.6 Å². The van der Waals surface area contributed by atoms with Crippen LogP contribution in [0.3, 0.4) is 0 Å². The molecule has 0 saturated carbocycles. The normalized spacial score (nSPS) is 17.5. The van der Waals surface area contributed by atoms with Crippen molar-refractivity contribution < 1.29 is 13.9 Å². The Bertz CT molecular complexity index is 666. The largest absolute Gasteiger partial charge is 0.394 e. The number of aliphatic hydroxyl groups excluding tert-OH is 1. The number of nitrogens with one attached hydrogen (secondary N) is 1. The summed E-state index contributed by atoms with van der Waals surface area (Å²) in [6.45, 7) is 1.48. The van der Waals surface area contributed by atoms with Crippen LogP contribution in [0.5, 0.6) is 0 Å². The number of anilines is 2. The molecule has 1 fully saturated rings. The lowest BCUT2D eigenvalue weighted by molar-refractivity contribution is 0.151. The summed E-state index contributed by atoms with van der Waals surface area (Å²) in [6.07, 6.45) is 1.04. The molecule has 1 aromatic carbocycles. The van der Waals surface area contributed by atoms with Crippen LogP contribution < -0.4 is 10.2 Å². The van der Waals surface area contributed by atoms with E-state index in [1.807, 2.05) is 6.07 Å². The summed E-state index contributed by atoms with van der Waals surface area (Å²) in [4.78, 5) is 10.6. The number of hydrogen-bond donors (Lipinski definition) is 2. The third-order valence-corrected chi connectivity index (χ3v) is 4.24. The van der Waals surface area contributed by atoms with Gasteiger partial charge in [-0.25, -0.2) is 18.7 Å². The van der Waals surface area contributed by atoms with Gasteiger partial charge in [-0.2, -0.15) is 0 Å². The summed E-state index contributed by atoms with van der Waals surface area (Å²) >= 11 is 0. The van der Waals surface area contributed by atoms with Gasteiger partial charge >= 0.3 is 0 Å². The fourth-order valence-electron chi connectivity index (χ4n) is 2.90. The molecule has 24 heavy (non-hydrogen) atoms. The number of halogens is 2. The highest BCUT2D eigenvalue weighted by Crippen LogP contribution is 2.25. The van der Waals surface area contributed by atoms with Gasteiger partial charge in [0.2, 0.25) is 0 Å². The maximum atomic E-state index is 12.5. The molecule has 1 aliphatic rings. The minimum Gasteiger partial charge on any atom is -0.394 e. The van der Waals surface area contributed by atoms with E-state index in [2.05, 4.69) is 20.2 Å². The molecular weight excluding hydrogens is 314 g/mol. The molecule has 0 aliphatic carbocycles. The summed E-state index contributed by atoms with van der Waals surface area (Å²) in [5, 5.41) is 12.6. The number of rotatable bonds is 6. The van der Waals surface area contributed by atoms with E-state index in [4.69, 9.17) is 0 Å². The zero-order chi connectivity index (χ0) is 16.9. The quantitative estimate of drug-likeness (QED) is 0.850. The Hall–Kier alpha value is -2.28. The second-order valence-electron chi connectivity index (χ2n) is 5.83. The number of aliphatic hydroxyl groups is 1. The zero-order valence-electron chi connectivity index (χ0n) is 13.2. The fourth-order valence-corrected chi connectivity index (χ4v) is 2.90. The van der Waals surface area contributed by atoms with Crippen LogP contribution in [0.4, 0.5) is 20.4 Å². The summed E-state index contributed by atoms with van der Waals surface area (Å²) in [7, 11) is 0. The monoisotopic (exact) mass is 334 g/mol. The topological polar surface area (TPSA) is 61.3 Å². The average molecular weight is 334 g/mol. The molecule has 2 aromatic rings. The molecule has 1 aromatic heterocycles. The molecule has 1 atom stereocenters. The van der Waals surface area contributed by atoms with Crippen molar-refractivity contribution in [3.05, 3.63) is 47.8 Å². The van der Waals surface area contributed by atoms with Gasteiger partial charge in [-0.05, 0) is 18.4 Å². The van der Waals surface area contributed by atoms with Gasteiger partial charge in [0.05, 0.1) is 12.6 Å². The molecule has 0 amide bonds. The lowest BCUT2D eigenvalue weighted by Gasteiger charge is -2.24. The van der Waals surface area contributed by atoms with Gasteiger partial charge in [-0.15, -0.1) is 0 Å². The third kappa shape index (κ3) is 3.79. The Balaban J connectivity index is 1.64. The molecule has 2 N–H and O–H groups in total. The first kappa shape index (κ1) is 16.6. The van der Waals surface area contributed by atoms with Crippen molar-refractivity contribution in [1.29, 1.82) is 0 Å². The molecule has 0 bridgehead atoms. The van der Waals surface area contributed by atoms with E-state index in [1.165, 1.54) is 18.5 Å². The van der Waals surface area contributed by atoms with Crippen LogP contribution in [0.2, 0.25) is 0 Å². The van der Waals surface area contributed by atoms with Crippen LogP contribution in [-0.2, 0) is 6.54 Å². The molecule has 1 aliphatic heterocycles. The highest BCUT2D eigenvalue weighted by Gasteiger charge is 2.25. The highest BCUT2D eigenvalue weighted by molar-refractivity contribution is 5.50. The predicted octanol–water partition coefficient (Wildman–Crippen LogP) is 2.99. The van der Waals surface area contributed by atoms with E-state index in [-0.39, 0.29) is 18.2 Å². The van der Waals surface area contributed by atoms with E-state index in [0.717, 1.165) is 30.8 Å². The molecule has 3 rings (SSSR count). The van der Waals surface area contributed by atoms with E-state index >= 15 is 0 Å². The van der Waals surface area contributed by atoms with Crippen LogP contribution >= 0.6 is 0 Å². The Morgan fingerprint density at radius 3 is 2.75 bits per heavy atom. The molecule has 2 heterocycles. The Morgan fingerprint density at radius 2 is 2.04 bits per heavy atom. The van der Waals surface area contributed by atoms with Crippen LogP contribution in [0, 0.1) is 0 Å². The highest BCUT2D eigenvalue weighted by atomic mass is 19.3. The number of hydrogen-bond acceptors (Lipinski definition) is 5. The van der Waals surface area contributed by atoms with Crippen molar-refractivity contribution in [2.45, 2.75) is 31.9 Å². The Morgan fingerprint density at radius 1 is 1.25 bits per heavy atom. The summed E-state index contributed by atoms with van der Waals surface area (Å²) < 4.78 is 25.1. The summed E-state index contributed by atoms with van der Waals surface area (Å²) in [5.74, 6) is 1.46. The van der Waals surface area contributed by atoms with Crippen molar-refractivity contribution in [3.8, 4) is 0 Å². The predicted molar refractivity (Wildman–Crippen MR) is 88.2 cm³/mol. The van der Waals surface area contributed by atoms with Crippen LogP contribution in [0.25, 0.3) is 0 Å². The second-order valence-corrected chi connectivity index (χ2v) is 5.83. The number of aromatic nitrogens is 2. The van der Waals surface area contributed by atoms with E-state index in [0.29, 0.717) is 12.4 Å². The van der Waals surface area contributed by atoms with E-state index < -0.39 is 6.43 Å². The third-order valence-electron chi connectivity index (χ3n) is 4.24. The van der Waals surface area contributed by atoms with E-state index in [9.17, 15) is 13.9 Å². The van der Waals surface area contributed by atoms with Gasteiger partial charge in [0, 0.05) is 24.7 Å². The molecule has 1 saturated heterocycles. The van der Waals surface area contributed by atoms with Crippen molar-refractivity contribution in [3.63, 3.8) is 0 Å². The first-order valence-corrected chi connectivity index (χ1v) is 7.98. The fraction of sp³-hybridized carbons (Fsp3) is 0.412. The van der Waals surface area contributed by atoms with Gasteiger partial charge < -0.3 is 15.3 Å². The smallest absolute Gasteiger partial charge is 0.263 e. The number of nitrogens with zero attached hydrogens (tertiary/aromatic N) is 3. The summed E-state index contributed by atoms with van der Waals surface area (Å²) in [5.41, 5.74) is 0.918. The first-order chi connectivity index (χ1) is 11.7. The van der Waals surface area contributed by atoms with Crippen LogP contribution in [0.1, 0.15) is 30.4 Å². The zero-order valence-corrected chi connectivity index (χ0v) is 13.2. The maximum absolute atomic E-state index is 12.5. The van der Waals surface area contributed by atoms with Gasteiger partial charge in [0.15, 0.2) is 0 Å². The molecule has 0 radical (unpaired) electrons. The second kappa shape index (κ2) is 7.53. The molecule has 7 heteroatoms.